The van der Waals surface area contributed by atoms with Crippen LogP contribution in [0.25, 0.3) is 10.4 Å². The first-order valence-electron chi connectivity index (χ1n) is 9.21. The van der Waals surface area contributed by atoms with Crippen molar-refractivity contribution in [1.82, 2.24) is 0 Å². The molecule has 4 aliphatic heterocycles. The van der Waals surface area contributed by atoms with Crippen LogP contribution in [0, 0.1) is 23.7 Å². The molecular weight excluding hydrogens is 310 g/mol. The van der Waals surface area contributed by atoms with E-state index in [4.69, 9.17) is 24.8 Å². The van der Waals surface area contributed by atoms with Gasteiger partial charge < -0.3 is 9.47 Å². The van der Waals surface area contributed by atoms with Crippen molar-refractivity contribution >= 4 is 0 Å². The molecule has 0 aromatic carbocycles. The molecule has 0 N–H and O–H groups in total. The average Bonchev–Trinajstić information content (AvgIpc) is 2.78. The summed E-state index contributed by atoms with van der Waals surface area (Å²) in [5.41, 5.74) is 8.03. The summed E-state index contributed by atoms with van der Waals surface area (Å²) in [5, 5.41) is 3.68. The topological polar surface area (TPSA) is 85.7 Å². The maximum atomic E-state index is 8.53. The molecule has 7 nitrogen and oxygen atoms in total. The minimum Gasteiger partial charge on any atom is -0.346 e. The van der Waals surface area contributed by atoms with Crippen LogP contribution in [0.5, 0.6) is 0 Å². The van der Waals surface area contributed by atoms with Gasteiger partial charge in [0.15, 0.2) is 11.9 Å². The van der Waals surface area contributed by atoms with Crippen LogP contribution < -0.4 is 0 Å². The Morgan fingerprint density at radius 1 is 1.17 bits per heavy atom. The molecule has 134 valence electrons. The second kappa shape index (κ2) is 5.85. The maximum Gasteiger partial charge on any atom is 0.201 e. The lowest BCUT2D eigenvalue weighted by molar-refractivity contribution is -0.571. The zero-order valence-electron chi connectivity index (χ0n) is 14.7. The Bertz CT molecular complexity index is 554. The quantitative estimate of drug-likeness (QED) is 0.338. The summed E-state index contributed by atoms with van der Waals surface area (Å²) in [7, 11) is 0. The molecule has 0 aromatic heterocycles. The molecule has 2 bridgehead atoms. The minimum atomic E-state index is -0.729. The second-order valence-electron chi connectivity index (χ2n) is 8.19. The van der Waals surface area contributed by atoms with Gasteiger partial charge in [0.2, 0.25) is 5.79 Å². The van der Waals surface area contributed by atoms with Gasteiger partial charge in [0, 0.05) is 23.8 Å². The molecule has 0 aromatic rings. The monoisotopic (exact) mass is 337 g/mol. The lowest BCUT2D eigenvalue weighted by Crippen LogP contribution is -2.70. The number of azide groups is 1. The molecule has 1 aliphatic carbocycles. The number of rotatable bonds is 3. The van der Waals surface area contributed by atoms with Gasteiger partial charge in [0.1, 0.15) is 0 Å². The molecule has 8 atom stereocenters. The van der Waals surface area contributed by atoms with Crippen LogP contribution >= 0.6 is 0 Å². The highest BCUT2D eigenvalue weighted by Gasteiger charge is 2.69. The Labute approximate surface area is 142 Å². The number of fused-ring (bicyclic) bond motifs is 2. The summed E-state index contributed by atoms with van der Waals surface area (Å²) in [6.07, 6.45) is 4.52. The normalized spacial score (nSPS) is 53.0. The van der Waals surface area contributed by atoms with E-state index in [0.717, 1.165) is 25.7 Å². The molecule has 4 heterocycles. The molecule has 7 heteroatoms. The van der Waals surface area contributed by atoms with E-state index in [0.29, 0.717) is 30.2 Å². The van der Waals surface area contributed by atoms with Crippen molar-refractivity contribution < 1.29 is 19.2 Å². The Morgan fingerprint density at radius 3 is 2.79 bits per heavy atom. The highest BCUT2D eigenvalue weighted by atomic mass is 17.3. The summed E-state index contributed by atoms with van der Waals surface area (Å²) in [6, 6.07) is 0. The fourth-order valence-electron chi connectivity index (χ4n) is 5.54. The molecule has 1 saturated carbocycles. The van der Waals surface area contributed by atoms with E-state index in [1.807, 2.05) is 6.92 Å². The van der Waals surface area contributed by atoms with Crippen LogP contribution in [-0.2, 0) is 19.2 Å². The zero-order chi connectivity index (χ0) is 16.9. The third-order valence-electron chi connectivity index (χ3n) is 6.87. The van der Waals surface area contributed by atoms with Gasteiger partial charge in [-0.3, -0.25) is 0 Å². The molecule has 5 fully saturated rings. The highest BCUT2D eigenvalue weighted by molar-refractivity contribution is 5.09. The lowest BCUT2D eigenvalue weighted by Gasteiger charge is -2.60. The van der Waals surface area contributed by atoms with Crippen LogP contribution in [-0.4, -0.2) is 30.3 Å². The SMILES string of the molecule is C[C@H]1[C@@H](CCN=[N+]=[N-])O[C@@H]2OC3(C)CC[C@H]4[C@H](C)CC[C@@H]1[C@@]24OO3. The number of nitrogens with zero attached hydrogens (tertiary/aromatic N) is 3. The summed E-state index contributed by atoms with van der Waals surface area (Å²) in [5.74, 6) is 0.905. The predicted molar refractivity (Wildman–Crippen MR) is 85.5 cm³/mol. The van der Waals surface area contributed by atoms with Gasteiger partial charge in [0.25, 0.3) is 0 Å². The first-order chi connectivity index (χ1) is 11.5. The van der Waals surface area contributed by atoms with E-state index >= 15 is 0 Å². The smallest absolute Gasteiger partial charge is 0.201 e. The lowest BCUT2D eigenvalue weighted by atomic mass is 9.57. The molecule has 1 unspecified atom stereocenters. The highest BCUT2D eigenvalue weighted by Crippen LogP contribution is 2.60. The van der Waals surface area contributed by atoms with Gasteiger partial charge >= 0.3 is 0 Å². The van der Waals surface area contributed by atoms with E-state index < -0.39 is 17.7 Å². The van der Waals surface area contributed by atoms with E-state index in [1.165, 1.54) is 6.42 Å². The van der Waals surface area contributed by atoms with Crippen LogP contribution in [0.15, 0.2) is 5.11 Å². The zero-order valence-corrected chi connectivity index (χ0v) is 14.7. The predicted octanol–water partition coefficient (Wildman–Crippen LogP) is 3.94. The van der Waals surface area contributed by atoms with Crippen molar-refractivity contribution in [2.45, 2.75) is 76.7 Å². The van der Waals surface area contributed by atoms with Gasteiger partial charge in [-0.1, -0.05) is 19.0 Å². The first kappa shape index (κ1) is 16.6. The molecule has 0 radical (unpaired) electrons. The fraction of sp³-hybridized carbons (Fsp3) is 1.00. The van der Waals surface area contributed by atoms with Crippen molar-refractivity contribution in [3.05, 3.63) is 10.4 Å². The third-order valence-corrected chi connectivity index (χ3v) is 6.87. The van der Waals surface area contributed by atoms with Crippen molar-refractivity contribution in [1.29, 1.82) is 0 Å². The van der Waals surface area contributed by atoms with Crippen molar-refractivity contribution in [3.8, 4) is 0 Å². The largest absolute Gasteiger partial charge is 0.346 e. The van der Waals surface area contributed by atoms with Crippen molar-refractivity contribution in [2.75, 3.05) is 6.54 Å². The maximum absolute atomic E-state index is 8.53. The van der Waals surface area contributed by atoms with Crippen LogP contribution in [0.3, 0.4) is 0 Å². The van der Waals surface area contributed by atoms with Gasteiger partial charge in [0.05, 0.1) is 6.10 Å². The van der Waals surface area contributed by atoms with Gasteiger partial charge in [-0.25, -0.2) is 9.78 Å². The van der Waals surface area contributed by atoms with E-state index in [1.54, 1.807) is 0 Å². The molecule has 24 heavy (non-hydrogen) atoms. The Hall–Kier alpha value is -0.850. The number of hydrogen-bond donors (Lipinski definition) is 0. The minimum absolute atomic E-state index is 0.0248. The van der Waals surface area contributed by atoms with Gasteiger partial charge in [-0.2, -0.15) is 0 Å². The Balaban J connectivity index is 1.68. The molecule has 1 spiro atoms. The molecular formula is C17H27N3O4. The molecule has 4 saturated heterocycles. The fourth-order valence-corrected chi connectivity index (χ4v) is 5.54. The summed E-state index contributed by atoms with van der Waals surface area (Å²) < 4.78 is 12.7. The molecule has 0 amide bonds. The van der Waals surface area contributed by atoms with E-state index in [9.17, 15) is 0 Å². The number of hydrogen-bond acceptors (Lipinski definition) is 5. The summed E-state index contributed by atoms with van der Waals surface area (Å²) >= 11 is 0. The summed E-state index contributed by atoms with van der Waals surface area (Å²) in [4.78, 5) is 14.7. The standard InChI is InChI=1S/C17H27N3O4/c1-10-4-5-13-11(2)14(7-9-19-20-18)21-15-17(13)12(10)6-8-16(3,22-15)23-24-17/h10-15H,4-9H2,1-3H3/t10-,11-,12+,13+,14-,15-,16?,17-/m1/s1. The molecule has 5 rings (SSSR count). The van der Waals surface area contributed by atoms with Crippen LogP contribution in [0.1, 0.15) is 52.9 Å². The van der Waals surface area contributed by atoms with E-state index in [-0.39, 0.29) is 6.10 Å². The Kier molecular flexibility index (Phi) is 4.05. The number of ether oxygens (including phenoxy) is 2. The van der Waals surface area contributed by atoms with E-state index in [2.05, 4.69) is 23.9 Å². The van der Waals surface area contributed by atoms with Gasteiger partial charge in [-0.05, 0) is 55.9 Å². The van der Waals surface area contributed by atoms with Crippen molar-refractivity contribution in [3.63, 3.8) is 0 Å². The summed E-state index contributed by atoms with van der Waals surface area (Å²) in [6.45, 7) is 6.93. The van der Waals surface area contributed by atoms with Crippen LogP contribution in [0.2, 0.25) is 0 Å². The van der Waals surface area contributed by atoms with Crippen molar-refractivity contribution in [2.24, 2.45) is 28.8 Å². The molecule has 5 aliphatic rings. The first-order valence-corrected chi connectivity index (χ1v) is 9.21. The Morgan fingerprint density at radius 2 is 2.00 bits per heavy atom. The van der Waals surface area contributed by atoms with Gasteiger partial charge in [-0.15, -0.1) is 0 Å². The average molecular weight is 337 g/mol. The third kappa shape index (κ3) is 2.30. The van der Waals surface area contributed by atoms with Crippen LogP contribution in [0.4, 0.5) is 0 Å². The second-order valence-corrected chi connectivity index (χ2v) is 8.19.